The van der Waals surface area contributed by atoms with Gasteiger partial charge in [0.1, 0.15) is 0 Å². The Hall–Kier alpha value is -1.36. The molecule has 0 radical (unpaired) electrons. The average Bonchev–Trinajstić information content (AvgIpc) is 2.67. The van der Waals surface area contributed by atoms with E-state index in [1.807, 2.05) is 13.1 Å². The minimum absolute atomic E-state index is 0.0989. The number of amides is 1. The highest BCUT2D eigenvalue weighted by atomic mass is 16.3. The van der Waals surface area contributed by atoms with Gasteiger partial charge in [-0.3, -0.25) is 9.48 Å². The standard InChI is InChI=1S/C13H23N3O2/c1-9(2)12-8-11(14-16(12)5)13(18)15(4)7-6-10(3)17/h8-10,17H,6-7H2,1-5H3. The second kappa shape index (κ2) is 6.00. The number of aliphatic hydroxyl groups is 1. The zero-order valence-electron chi connectivity index (χ0n) is 11.8. The van der Waals surface area contributed by atoms with E-state index in [1.54, 1.807) is 23.6 Å². The van der Waals surface area contributed by atoms with E-state index in [1.165, 1.54) is 0 Å². The predicted molar refractivity (Wildman–Crippen MR) is 70.6 cm³/mol. The first kappa shape index (κ1) is 14.7. The van der Waals surface area contributed by atoms with Gasteiger partial charge in [0, 0.05) is 26.3 Å². The number of aromatic nitrogens is 2. The second-order valence-corrected chi connectivity index (χ2v) is 5.10. The fourth-order valence-electron chi connectivity index (χ4n) is 1.80. The molecule has 0 aliphatic heterocycles. The van der Waals surface area contributed by atoms with Crippen molar-refractivity contribution in [3.8, 4) is 0 Å². The lowest BCUT2D eigenvalue weighted by Gasteiger charge is -2.16. The number of aliphatic hydroxyl groups excluding tert-OH is 1. The molecule has 1 N–H and O–H groups in total. The van der Waals surface area contributed by atoms with Gasteiger partial charge in [0.2, 0.25) is 0 Å². The molecule has 0 aliphatic rings. The average molecular weight is 253 g/mol. The molecule has 1 heterocycles. The fraction of sp³-hybridized carbons (Fsp3) is 0.692. The van der Waals surface area contributed by atoms with E-state index >= 15 is 0 Å². The summed E-state index contributed by atoms with van der Waals surface area (Å²) in [6, 6.07) is 1.84. The number of hydrogen-bond acceptors (Lipinski definition) is 3. The maximum absolute atomic E-state index is 12.1. The fourth-order valence-corrected chi connectivity index (χ4v) is 1.80. The normalized spacial score (nSPS) is 12.8. The Morgan fingerprint density at radius 1 is 1.50 bits per heavy atom. The van der Waals surface area contributed by atoms with E-state index in [2.05, 4.69) is 18.9 Å². The Labute approximate surface area is 108 Å². The van der Waals surface area contributed by atoms with Crippen molar-refractivity contribution in [3.05, 3.63) is 17.5 Å². The third-order valence-electron chi connectivity index (χ3n) is 2.96. The Balaban J connectivity index is 2.75. The van der Waals surface area contributed by atoms with Crippen molar-refractivity contribution < 1.29 is 9.90 Å². The molecule has 0 bridgehead atoms. The van der Waals surface area contributed by atoms with Gasteiger partial charge in [0.05, 0.1) is 6.10 Å². The monoisotopic (exact) mass is 253 g/mol. The minimum atomic E-state index is -0.393. The first-order valence-electron chi connectivity index (χ1n) is 6.30. The summed E-state index contributed by atoms with van der Waals surface area (Å²) in [4.78, 5) is 13.7. The summed E-state index contributed by atoms with van der Waals surface area (Å²) in [5, 5.41) is 13.5. The SMILES string of the molecule is CC(O)CCN(C)C(=O)c1cc(C(C)C)n(C)n1. The molecule has 1 aromatic heterocycles. The van der Waals surface area contributed by atoms with Gasteiger partial charge < -0.3 is 10.0 Å². The van der Waals surface area contributed by atoms with Crippen LogP contribution in [0.15, 0.2) is 6.07 Å². The van der Waals surface area contributed by atoms with Gasteiger partial charge in [0.25, 0.3) is 5.91 Å². The smallest absolute Gasteiger partial charge is 0.274 e. The van der Waals surface area contributed by atoms with Crippen LogP contribution in [0.1, 0.15) is 49.3 Å². The molecule has 0 saturated carbocycles. The lowest BCUT2D eigenvalue weighted by Crippen LogP contribution is -2.29. The molecular formula is C13H23N3O2. The molecule has 1 rings (SSSR count). The molecule has 0 saturated heterocycles. The number of rotatable bonds is 5. The van der Waals surface area contributed by atoms with E-state index in [9.17, 15) is 9.90 Å². The number of hydrogen-bond donors (Lipinski definition) is 1. The third-order valence-corrected chi connectivity index (χ3v) is 2.96. The van der Waals surface area contributed by atoms with Gasteiger partial charge in [-0.25, -0.2) is 0 Å². The zero-order chi connectivity index (χ0) is 13.9. The van der Waals surface area contributed by atoms with E-state index < -0.39 is 6.10 Å². The zero-order valence-corrected chi connectivity index (χ0v) is 11.8. The van der Waals surface area contributed by atoms with Crippen LogP contribution < -0.4 is 0 Å². The van der Waals surface area contributed by atoms with Gasteiger partial charge in [0.15, 0.2) is 5.69 Å². The van der Waals surface area contributed by atoms with Crippen LogP contribution in [0.5, 0.6) is 0 Å². The molecule has 1 unspecified atom stereocenters. The summed E-state index contributed by atoms with van der Waals surface area (Å²) in [6.07, 6.45) is 0.182. The number of carbonyl (C=O) groups is 1. The Morgan fingerprint density at radius 3 is 2.56 bits per heavy atom. The Morgan fingerprint density at radius 2 is 2.11 bits per heavy atom. The van der Waals surface area contributed by atoms with Crippen LogP contribution in [-0.2, 0) is 7.05 Å². The van der Waals surface area contributed by atoms with Crippen molar-refractivity contribution in [1.82, 2.24) is 14.7 Å². The van der Waals surface area contributed by atoms with Crippen LogP contribution >= 0.6 is 0 Å². The summed E-state index contributed by atoms with van der Waals surface area (Å²) in [6.45, 7) is 6.39. The summed E-state index contributed by atoms with van der Waals surface area (Å²) in [7, 11) is 3.58. The molecule has 0 aromatic carbocycles. The van der Waals surface area contributed by atoms with Crippen LogP contribution in [0.3, 0.4) is 0 Å². The third kappa shape index (κ3) is 3.57. The molecule has 5 nitrogen and oxygen atoms in total. The number of nitrogens with zero attached hydrogens (tertiary/aromatic N) is 3. The quantitative estimate of drug-likeness (QED) is 0.862. The van der Waals surface area contributed by atoms with Gasteiger partial charge >= 0.3 is 0 Å². The molecule has 5 heteroatoms. The second-order valence-electron chi connectivity index (χ2n) is 5.10. The first-order chi connectivity index (χ1) is 8.32. The molecule has 0 spiro atoms. The van der Waals surface area contributed by atoms with Gasteiger partial charge in [-0.05, 0) is 25.3 Å². The van der Waals surface area contributed by atoms with Crippen molar-refractivity contribution in [2.45, 2.75) is 39.2 Å². The highest BCUT2D eigenvalue weighted by molar-refractivity contribution is 5.92. The molecule has 102 valence electrons. The minimum Gasteiger partial charge on any atom is -0.393 e. The van der Waals surface area contributed by atoms with E-state index in [-0.39, 0.29) is 5.91 Å². The lowest BCUT2D eigenvalue weighted by atomic mass is 10.1. The summed E-state index contributed by atoms with van der Waals surface area (Å²) in [5.74, 6) is 0.241. The molecule has 1 amide bonds. The lowest BCUT2D eigenvalue weighted by molar-refractivity contribution is 0.0762. The molecule has 1 atom stereocenters. The summed E-state index contributed by atoms with van der Waals surface area (Å²) >= 11 is 0. The van der Waals surface area contributed by atoms with Crippen molar-refractivity contribution in [2.75, 3.05) is 13.6 Å². The van der Waals surface area contributed by atoms with Crippen molar-refractivity contribution >= 4 is 5.91 Å². The summed E-state index contributed by atoms with van der Waals surface area (Å²) in [5.41, 5.74) is 1.51. The molecule has 0 fully saturated rings. The predicted octanol–water partition coefficient (Wildman–Crippen LogP) is 1.39. The van der Waals surface area contributed by atoms with E-state index in [4.69, 9.17) is 0 Å². The molecule has 1 aromatic rings. The van der Waals surface area contributed by atoms with E-state index in [0.717, 1.165) is 5.69 Å². The highest BCUT2D eigenvalue weighted by Gasteiger charge is 2.18. The van der Waals surface area contributed by atoms with Crippen LogP contribution in [0.25, 0.3) is 0 Å². The Kier molecular flexibility index (Phi) is 4.90. The van der Waals surface area contributed by atoms with Gasteiger partial charge in [-0.2, -0.15) is 5.10 Å². The van der Waals surface area contributed by atoms with Crippen molar-refractivity contribution in [1.29, 1.82) is 0 Å². The van der Waals surface area contributed by atoms with Crippen LogP contribution in [0.2, 0.25) is 0 Å². The topological polar surface area (TPSA) is 58.4 Å². The van der Waals surface area contributed by atoms with Gasteiger partial charge in [-0.15, -0.1) is 0 Å². The molecular weight excluding hydrogens is 230 g/mol. The first-order valence-corrected chi connectivity index (χ1v) is 6.30. The Bertz CT molecular complexity index is 410. The van der Waals surface area contributed by atoms with Crippen molar-refractivity contribution in [2.24, 2.45) is 7.05 Å². The number of carbonyl (C=O) groups excluding carboxylic acids is 1. The highest BCUT2D eigenvalue weighted by Crippen LogP contribution is 2.15. The van der Waals surface area contributed by atoms with Crippen LogP contribution in [0.4, 0.5) is 0 Å². The van der Waals surface area contributed by atoms with Gasteiger partial charge in [-0.1, -0.05) is 13.8 Å². The maximum atomic E-state index is 12.1. The maximum Gasteiger partial charge on any atom is 0.274 e. The van der Waals surface area contributed by atoms with Crippen molar-refractivity contribution in [3.63, 3.8) is 0 Å². The van der Waals surface area contributed by atoms with E-state index in [0.29, 0.717) is 24.6 Å². The number of aryl methyl sites for hydroxylation is 1. The van der Waals surface area contributed by atoms with Crippen LogP contribution in [0, 0.1) is 0 Å². The largest absolute Gasteiger partial charge is 0.393 e. The van der Waals surface area contributed by atoms with Crippen LogP contribution in [-0.4, -0.2) is 45.4 Å². The molecule has 0 aliphatic carbocycles. The summed E-state index contributed by atoms with van der Waals surface area (Å²) < 4.78 is 1.75. The molecule has 18 heavy (non-hydrogen) atoms.